The third-order valence-electron chi connectivity index (χ3n) is 1.84. The maximum atomic E-state index is 10.5. The van der Waals surface area contributed by atoms with Crippen molar-refractivity contribution in [1.82, 2.24) is 0 Å². The molecule has 1 fully saturated rings. The van der Waals surface area contributed by atoms with Crippen LogP contribution in [0.5, 0.6) is 0 Å². The predicted octanol–water partition coefficient (Wildman–Crippen LogP) is 0.200. The summed E-state index contributed by atoms with van der Waals surface area (Å²) >= 11 is 0. The normalized spacial score (nSPS) is 39.7. The van der Waals surface area contributed by atoms with Crippen LogP contribution in [0.15, 0.2) is 0 Å². The Morgan fingerprint density at radius 2 is 1.67 bits per heavy atom. The van der Waals surface area contributed by atoms with Gasteiger partial charge in [-0.05, 0) is 0 Å². The predicted molar refractivity (Wildman–Crippen MR) is 26.4 cm³/mol. The van der Waals surface area contributed by atoms with Crippen molar-refractivity contribution in [2.24, 2.45) is 11.8 Å². The minimum atomic E-state index is -0.366. The molecule has 0 heterocycles. The Balaban J connectivity index is 0. The Morgan fingerprint density at radius 1 is 1.22 bits per heavy atom. The Hall–Kier alpha value is 2.17. The molecule has 0 saturated heterocycles. The molecular formula is C6H10OY2-2. The van der Waals surface area contributed by atoms with Crippen molar-refractivity contribution in [3.63, 3.8) is 0 Å². The van der Waals surface area contributed by atoms with Crippen LogP contribution in [0.25, 0.3) is 0 Å². The minimum absolute atomic E-state index is 0. The largest absolute Gasteiger partial charge is 0.875 e. The average Bonchev–Trinajstić information content (AvgIpc) is 1.68. The molecule has 9 heavy (non-hydrogen) atoms. The second-order valence-electron chi connectivity index (χ2n) is 2.38. The molecule has 3 unspecified atom stereocenters. The van der Waals surface area contributed by atoms with E-state index in [4.69, 9.17) is 0 Å². The van der Waals surface area contributed by atoms with Gasteiger partial charge < -0.3 is 11.5 Å². The van der Waals surface area contributed by atoms with Crippen LogP contribution in [0, 0.1) is 18.3 Å². The Kier molecular flexibility index (Phi) is 8.81. The fourth-order valence-corrected chi connectivity index (χ4v) is 0.803. The quantitative estimate of drug-likeness (QED) is 0.580. The fourth-order valence-electron chi connectivity index (χ4n) is 0.803. The van der Waals surface area contributed by atoms with Crippen molar-refractivity contribution in [2.75, 3.05) is 0 Å². The SMILES string of the molecule is CC1[CH-]C([O-])C1C.[Y].[Y]. The van der Waals surface area contributed by atoms with Gasteiger partial charge in [-0.3, -0.25) is 6.10 Å². The molecule has 0 aliphatic heterocycles. The van der Waals surface area contributed by atoms with Gasteiger partial charge in [0.2, 0.25) is 0 Å². The summed E-state index contributed by atoms with van der Waals surface area (Å²) in [7, 11) is 0. The molecule has 0 aromatic rings. The van der Waals surface area contributed by atoms with E-state index < -0.39 is 0 Å². The van der Waals surface area contributed by atoms with E-state index in [1.165, 1.54) is 0 Å². The van der Waals surface area contributed by atoms with Crippen LogP contribution in [-0.2, 0) is 65.4 Å². The molecule has 0 spiro atoms. The van der Waals surface area contributed by atoms with Crippen LogP contribution in [0.2, 0.25) is 0 Å². The zero-order valence-electron chi connectivity index (χ0n) is 5.87. The molecule has 0 N–H and O–H groups in total. The summed E-state index contributed by atoms with van der Waals surface area (Å²) in [5, 5.41) is 10.5. The zero-order valence-corrected chi connectivity index (χ0v) is 11.5. The Morgan fingerprint density at radius 3 is 1.67 bits per heavy atom. The number of rotatable bonds is 0. The molecule has 0 aromatic heterocycles. The minimum Gasteiger partial charge on any atom is -0.875 e. The molecular weight excluding hydrogens is 266 g/mol. The molecule has 3 atom stereocenters. The van der Waals surface area contributed by atoms with E-state index in [1.54, 1.807) is 0 Å². The van der Waals surface area contributed by atoms with E-state index >= 15 is 0 Å². The first kappa shape index (κ1) is 13.7. The molecule has 0 amide bonds. The van der Waals surface area contributed by atoms with Gasteiger partial charge in [-0.15, -0.1) is 5.92 Å². The van der Waals surface area contributed by atoms with Gasteiger partial charge in [0.05, 0.1) is 0 Å². The van der Waals surface area contributed by atoms with Gasteiger partial charge in [0.1, 0.15) is 0 Å². The molecule has 1 aliphatic rings. The van der Waals surface area contributed by atoms with Crippen LogP contribution >= 0.6 is 0 Å². The van der Waals surface area contributed by atoms with Gasteiger partial charge in [-0.1, -0.05) is 13.8 Å². The monoisotopic (exact) mass is 276 g/mol. The average molecular weight is 276 g/mol. The molecule has 3 heteroatoms. The molecule has 2 radical (unpaired) electrons. The Labute approximate surface area is 107 Å². The first-order chi connectivity index (χ1) is 3.22. The molecule has 1 saturated carbocycles. The summed E-state index contributed by atoms with van der Waals surface area (Å²) in [6.45, 7) is 4.08. The van der Waals surface area contributed by atoms with Crippen molar-refractivity contribution in [2.45, 2.75) is 20.0 Å². The van der Waals surface area contributed by atoms with Crippen molar-refractivity contribution in [1.29, 1.82) is 0 Å². The molecule has 1 rings (SSSR count). The third kappa shape index (κ3) is 3.38. The second kappa shape index (κ2) is 5.77. The third-order valence-corrected chi connectivity index (χ3v) is 1.84. The summed E-state index contributed by atoms with van der Waals surface area (Å²) < 4.78 is 0. The number of hydrogen-bond donors (Lipinski definition) is 0. The van der Waals surface area contributed by atoms with E-state index in [0.29, 0.717) is 11.8 Å². The summed E-state index contributed by atoms with van der Waals surface area (Å²) in [6.07, 6.45) is 1.49. The molecule has 1 nitrogen and oxygen atoms in total. The summed E-state index contributed by atoms with van der Waals surface area (Å²) in [5.41, 5.74) is 0. The van der Waals surface area contributed by atoms with Crippen LogP contribution in [0.3, 0.4) is 0 Å². The van der Waals surface area contributed by atoms with Crippen LogP contribution < -0.4 is 5.11 Å². The smallest absolute Gasteiger partial charge is 0 e. The molecule has 0 aromatic carbocycles. The summed E-state index contributed by atoms with van der Waals surface area (Å²) in [4.78, 5) is 0. The fraction of sp³-hybridized carbons (Fsp3) is 0.833. The topological polar surface area (TPSA) is 23.1 Å². The maximum absolute atomic E-state index is 10.5. The van der Waals surface area contributed by atoms with Crippen molar-refractivity contribution >= 4 is 0 Å². The van der Waals surface area contributed by atoms with Crippen LogP contribution in [0.4, 0.5) is 0 Å². The molecule has 0 bridgehead atoms. The van der Waals surface area contributed by atoms with E-state index in [1.807, 2.05) is 13.3 Å². The van der Waals surface area contributed by atoms with E-state index in [9.17, 15) is 5.11 Å². The molecule has 48 valence electrons. The van der Waals surface area contributed by atoms with Gasteiger partial charge >= 0.3 is 0 Å². The van der Waals surface area contributed by atoms with E-state index in [0.717, 1.165) is 0 Å². The molecule has 1 aliphatic carbocycles. The summed E-state index contributed by atoms with van der Waals surface area (Å²) in [6, 6.07) is 0. The van der Waals surface area contributed by atoms with Gasteiger partial charge in [0.25, 0.3) is 0 Å². The van der Waals surface area contributed by atoms with Gasteiger partial charge in [-0.2, -0.15) is 5.92 Å². The standard InChI is InChI=1S/C6H10O.2Y/c1-4-3-6(7)5(4)2;;/h3-6H,1-2H3;;/q-2;;. The van der Waals surface area contributed by atoms with E-state index in [2.05, 4.69) is 6.92 Å². The van der Waals surface area contributed by atoms with Gasteiger partial charge in [-0.25, -0.2) is 0 Å². The second-order valence-corrected chi connectivity index (χ2v) is 2.38. The van der Waals surface area contributed by atoms with Gasteiger partial charge in [0.15, 0.2) is 0 Å². The first-order valence-corrected chi connectivity index (χ1v) is 2.72. The number of hydrogen-bond acceptors (Lipinski definition) is 1. The zero-order chi connectivity index (χ0) is 5.44. The maximum Gasteiger partial charge on any atom is 0 e. The van der Waals surface area contributed by atoms with Crippen molar-refractivity contribution < 1.29 is 70.5 Å². The van der Waals surface area contributed by atoms with Crippen LogP contribution in [0.1, 0.15) is 13.8 Å². The van der Waals surface area contributed by atoms with Crippen molar-refractivity contribution in [3.05, 3.63) is 6.42 Å². The van der Waals surface area contributed by atoms with Crippen LogP contribution in [-0.4, -0.2) is 6.10 Å². The summed E-state index contributed by atoms with van der Waals surface area (Å²) in [5.74, 6) is 0.961. The van der Waals surface area contributed by atoms with Crippen molar-refractivity contribution in [3.8, 4) is 0 Å². The van der Waals surface area contributed by atoms with E-state index in [-0.39, 0.29) is 71.5 Å². The van der Waals surface area contributed by atoms with Gasteiger partial charge in [0, 0.05) is 65.4 Å². The first-order valence-electron chi connectivity index (χ1n) is 2.72. The Bertz CT molecular complexity index is 69.5.